The summed E-state index contributed by atoms with van der Waals surface area (Å²) in [5.74, 6) is -1.37. The average Bonchev–Trinajstić information content (AvgIpc) is 2.42. The zero-order chi connectivity index (χ0) is 14.5. The van der Waals surface area contributed by atoms with E-state index in [9.17, 15) is 13.6 Å². The molecule has 1 heterocycles. The Morgan fingerprint density at radius 2 is 1.90 bits per heavy atom. The number of hydrogen-bond donors (Lipinski definition) is 2. The van der Waals surface area contributed by atoms with Crippen LogP contribution in [0.1, 0.15) is 25.7 Å². The van der Waals surface area contributed by atoms with Crippen LogP contribution in [-0.4, -0.2) is 19.0 Å². The van der Waals surface area contributed by atoms with Crippen molar-refractivity contribution >= 4 is 27.5 Å². The van der Waals surface area contributed by atoms with Gasteiger partial charge in [0.2, 0.25) is 5.91 Å². The van der Waals surface area contributed by atoms with E-state index in [0.29, 0.717) is 16.8 Å². The van der Waals surface area contributed by atoms with Gasteiger partial charge in [0.1, 0.15) is 5.69 Å². The average molecular weight is 347 g/mol. The Labute approximate surface area is 125 Å². The molecule has 0 bridgehead atoms. The van der Waals surface area contributed by atoms with E-state index in [2.05, 4.69) is 26.6 Å². The van der Waals surface area contributed by atoms with E-state index in [-0.39, 0.29) is 11.6 Å². The van der Waals surface area contributed by atoms with Crippen molar-refractivity contribution in [1.29, 1.82) is 0 Å². The van der Waals surface area contributed by atoms with Crippen LogP contribution in [0.5, 0.6) is 0 Å². The van der Waals surface area contributed by atoms with Crippen LogP contribution < -0.4 is 10.6 Å². The second-order valence-electron chi connectivity index (χ2n) is 5.02. The van der Waals surface area contributed by atoms with Crippen LogP contribution in [0.3, 0.4) is 0 Å². The zero-order valence-electron chi connectivity index (χ0n) is 11.0. The van der Waals surface area contributed by atoms with Gasteiger partial charge in [0.25, 0.3) is 0 Å². The topological polar surface area (TPSA) is 41.1 Å². The summed E-state index contributed by atoms with van der Waals surface area (Å²) in [4.78, 5) is 11.8. The van der Waals surface area contributed by atoms with Crippen molar-refractivity contribution in [3.05, 3.63) is 28.2 Å². The minimum Gasteiger partial charge on any atom is -0.321 e. The van der Waals surface area contributed by atoms with Crippen molar-refractivity contribution in [2.24, 2.45) is 5.92 Å². The molecule has 1 saturated heterocycles. The highest BCUT2D eigenvalue weighted by Crippen LogP contribution is 2.24. The van der Waals surface area contributed by atoms with Gasteiger partial charge in [-0.05, 0) is 50.4 Å². The van der Waals surface area contributed by atoms with Gasteiger partial charge in [0.15, 0.2) is 11.6 Å². The molecule has 0 spiro atoms. The minimum atomic E-state index is -0.771. The Morgan fingerprint density at radius 1 is 1.30 bits per heavy atom. The molecule has 2 rings (SSSR count). The van der Waals surface area contributed by atoms with Crippen LogP contribution in [0.2, 0.25) is 0 Å². The summed E-state index contributed by atoms with van der Waals surface area (Å²) < 4.78 is 27.5. The third-order valence-electron chi connectivity index (χ3n) is 3.51. The van der Waals surface area contributed by atoms with E-state index in [1.54, 1.807) is 0 Å². The van der Waals surface area contributed by atoms with Gasteiger partial charge in [-0.1, -0.05) is 15.9 Å². The number of halogens is 3. The fourth-order valence-electron chi connectivity index (χ4n) is 2.37. The van der Waals surface area contributed by atoms with Gasteiger partial charge in [0, 0.05) is 10.9 Å². The molecule has 1 aliphatic rings. The molecular weight excluding hydrogens is 330 g/mol. The first-order valence-corrected chi connectivity index (χ1v) is 7.50. The lowest BCUT2D eigenvalue weighted by Crippen LogP contribution is -2.28. The predicted molar refractivity (Wildman–Crippen MR) is 77.5 cm³/mol. The van der Waals surface area contributed by atoms with Crippen molar-refractivity contribution < 1.29 is 13.6 Å². The highest BCUT2D eigenvalue weighted by Gasteiger charge is 2.17. The predicted octanol–water partition coefficient (Wildman–Crippen LogP) is 3.45. The molecule has 3 nitrogen and oxygen atoms in total. The number of rotatable bonds is 4. The Kier molecular flexibility index (Phi) is 5.48. The van der Waals surface area contributed by atoms with Gasteiger partial charge in [0.05, 0.1) is 0 Å². The first-order chi connectivity index (χ1) is 9.56. The highest BCUT2D eigenvalue weighted by atomic mass is 79.9. The first-order valence-electron chi connectivity index (χ1n) is 6.71. The second kappa shape index (κ2) is 7.13. The quantitative estimate of drug-likeness (QED) is 0.876. The number of anilines is 1. The molecule has 0 saturated carbocycles. The molecule has 1 fully saturated rings. The number of nitrogens with one attached hydrogen (secondary N) is 2. The SMILES string of the molecule is O=C(CCC1CCNCC1)Nc1c(F)cc(Br)cc1F. The van der Waals surface area contributed by atoms with Gasteiger partial charge in [-0.3, -0.25) is 4.79 Å². The fourth-order valence-corrected chi connectivity index (χ4v) is 2.77. The number of amides is 1. The van der Waals surface area contributed by atoms with Crippen LogP contribution in [0, 0.1) is 17.6 Å². The van der Waals surface area contributed by atoms with Gasteiger partial charge in [-0.15, -0.1) is 0 Å². The van der Waals surface area contributed by atoms with E-state index in [1.165, 1.54) is 0 Å². The van der Waals surface area contributed by atoms with E-state index < -0.39 is 11.6 Å². The van der Waals surface area contributed by atoms with Crippen molar-refractivity contribution in [3.63, 3.8) is 0 Å². The lowest BCUT2D eigenvalue weighted by Gasteiger charge is -2.22. The highest BCUT2D eigenvalue weighted by molar-refractivity contribution is 9.10. The monoisotopic (exact) mass is 346 g/mol. The van der Waals surface area contributed by atoms with Crippen molar-refractivity contribution in [2.45, 2.75) is 25.7 Å². The third-order valence-corrected chi connectivity index (χ3v) is 3.97. The fraction of sp³-hybridized carbons (Fsp3) is 0.500. The molecule has 1 aromatic rings. The molecule has 110 valence electrons. The molecule has 20 heavy (non-hydrogen) atoms. The van der Waals surface area contributed by atoms with Crippen LogP contribution in [0.25, 0.3) is 0 Å². The standard InChI is InChI=1S/C14H17BrF2N2O/c15-10-7-11(16)14(12(17)8-10)19-13(20)2-1-9-3-5-18-6-4-9/h7-9,18H,1-6H2,(H,19,20). The second-order valence-corrected chi connectivity index (χ2v) is 5.94. The number of piperidine rings is 1. The molecule has 0 unspecified atom stereocenters. The van der Waals surface area contributed by atoms with E-state index >= 15 is 0 Å². The number of hydrogen-bond acceptors (Lipinski definition) is 2. The van der Waals surface area contributed by atoms with Crippen molar-refractivity contribution in [2.75, 3.05) is 18.4 Å². The molecule has 1 aromatic carbocycles. The van der Waals surface area contributed by atoms with Crippen LogP contribution in [-0.2, 0) is 4.79 Å². The maximum Gasteiger partial charge on any atom is 0.224 e. The maximum absolute atomic E-state index is 13.6. The van der Waals surface area contributed by atoms with Crippen LogP contribution in [0.4, 0.5) is 14.5 Å². The number of benzene rings is 1. The summed E-state index contributed by atoms with van der Waals surface area (Å²) in [6.07, 6.45) is 3.15. The summed E-state index contributed by atoms with van der Waals surface area (Å²) in [5, 5.41) is 5.58. The van der Waals surface area contributed by atoms with E-state index in [1.807, 2.05) is 0 Å². The molecule has 1 aliphatic heterocycles. The van der Waals surface area contributed by atoms with E-state index in [4.69, 9.17) is 0 Å². The van der Waals surface area contributed by atoms with Crippen LogP contribution >= 0.6 is 15.9 Å². The molecule has 1 amide bonds. The number of carbonyl (C=O) groups is 1. The van der Waals surface area contributed by atoms with Crippen LogP contribution in [0.15, 0.2) is 16.6 Å². The zero-order valence-corrected chi connectivity index (χ0v) is 12.6. The molecule has 2 N–H and O–H groups in total. The van der Waals surface area contributed by atoms with Crippen molar-refractivity contribution in [3.8, 4) is 0 Å². The molecule has 0 radical (unpaired) electrons. The maximum atomic E-state index is 13.6. The van der Waals surface area contributed by atoms with Gasteiger partial charge < -0.3 is 10.6 Å². The Hall–Kier alpha value is -1.01. The van der Waals surface area contributed by atoms with E-state index in [0.717, 1.165) is 44.5 Å². The molecule has 0 atom stereocenters. The molecular formula is C14H17BrF2N2O. The minimum absolute atomic E-state index is 0.291. The number of carbonyl (C=O) groups excluding carboxylic acids is 1. The summed E-state index contributed by atoms with van der Waals surface area (Å²) in [5.41, 5.74) is -0.372. The molecule has 0 aliphatic carbocycles. The Morgan fingerprint density at radius 3 is 2.50 bits per heavy atom. The Balaban J connectivity index is 1.88. The lowest BCUT2D eigenvalue weighted by molar-refractivity contribution is -0.116. The van der Waals surface area contributed by atoms with Crippen molar-refractivity contribution in [1.82, 2.24) is 5.32 Å². The normalized spacial score (nSPS) is 16.1. The van der Waals surface area contributed by atoms with Gasteiger partial charge >= 0.3 is 0 Å². The summed E-state index contributed by atoms with van der Waals surface area (Å²) in [6.45, 7) is 1.95. The lowest BCUT2D eigenvalue weighted by atomic mass is 9.93. The van der Waals surface area contributed by atoms with Gasteiger partial charge in [-0.25, -0.2) is 8.78 Å². The molecule has 6 heteroatoms. The summed E-state index contributed by atoms with van der Waals surface area (Å²) in [7, 11) is 0. The molecule has 0 aromatic heterocycles. The Bertz CT molecular complexity index is 467. The summed E-state index contributed by atoms with van der Waals surface area (Å²) in [6, 6.07) is 2.26. The third kappa shape index (κ3) is 4.24. The first kappa shape index (κ1) is 15.4. The van der Waals surface area contributed by atoms with Gasteiger partial charge in [-0.2, -0.15) is 0 Å². The summed E-state index contributed by atoms with van der Waals surface area (Å²) >= 11 is 3.00. The largest absolute Gasteiger partial charge is 0.321 e. The smallest absolute Gasteiger partial charge is 0.224 e.